The number of nitrogens with zero attached hydrogens (tertiary/aromatic N) is 2. The molecule has 0 bridgehead atoms. The fraction of sp³-hybridized carbons (Fsp3) is 0.688. The number of pyridine rings is 1. The molecule has 1 saturated carbocycles. The summed E-state index contributed by atoms with van der Waals surface area (Å²) < 4.78 is 0.356. The molecule has 0 radical (unpaired) electrons. The van der Waals surface area contributed by atoms with Gasteiger partial charge in [0, 0.05) is 42.4 Å². The van der Waals surface area contributed by atoms with E-state index in [9.17, 15) is 0 Å². The molecule has 2 fully saturated rings. The highest BCUT2D eigenvalue weighted by Gasteiger charge is 2.25. The van der Waals surface area contributed by atoms with E-state index >= 15 is 0 Å². The average Bonchev–Trinajstić information content (AvgIpc) is 3.25. The van der Waals surface area contributed by atoms with Gasteiger partial charge in [0.2, 0.25) is 0 Å². The second-order valence-electron chi connectivity index (χ2n) is 6.65. The topological polar surface area (TPSA) is 28.2 Å². The molecule has 3 nitrogen and oxygen atoms in total. The third-order valence-electron chi connectivity index (χ3n) is 4.19. The van der Waals surface area contributed by atoms with Gasteiger partial charge < -0.3 is 10.2 Å². The number of anilines is 1. The van der Waals surface area contributed by atoms with Gasteiger partial charge in [-0.25, -0.2) is 4.98 Å². The number of hydrogen-bond donors (Lipinski definition) is 1. The minimum absolute atomic E-state index is 0.356. The lowest BCUT2D eigenvalue weighted by molar-refractivity contribution is 0.634. The van der Waals surface area contributed by atoms with Crippen molar-refractivity contribution in [2.75, 3.05) is 23.7 Å². The van der Waals surface area contributed by atoms with E-state index in [0.717, 1.165) is 36.2 Å². The Bertz CT molecular complexity index is 502. The van der Waals surface area contributed by atoms with Crippen molar-refractivity contribution in [3.63, 3.8) is 0 Å². The number of hydrogen-bond acceptors (Lipinski definition) is 4. The quantitative estimate of drug-likeness (QED) is 0.913. The van der Waals surface area contributed by atoms with Crippen LogP contribution in [0.25, 0.3) is 0 Å². The van der Waals surface area contributed by atoms with Gasteiger partial charge in [0.25, 0.3) is 0 Å². The predicted molar refractivity (Wildman–Crippen MR) is 92.5 cm³/mol. The standard InChI is InChI=1S/C16H24ClN3S/c1-16(2)5-6-20(7-8-21-16)15-14(17)9-12(11-19-15)10-18-13-3-4-13/h9,11,13,18H,3-8,10H2,1-2H3. The second-order valence-corrected chi connectivity index (χ2v) is 8.86. The van der Waals surface area contributed by atoms with Crippen molar-refractivity contribution < 1.29 is 0 Å². The molecule has 0 unspecified atom stereocenters. The molecule has 1 saturated heterocycles. The maximum Gasteiger partial charge on any atom is 0.147 e. The first-order valence-electron chi connectivity index (χ1n) is 7.80. The van der Waals surface area contributed by atoms with Gasteiger partial charge in [-0.2, -0.15) is 11.8 Å². The maximum absolute atomic E-state index is 6.48. The van der Waals surface area contributed by atoms with Gasteiger partial charge in [-0.05, 0) is 30.9 Å². The Morgan fingerprint density at radius 1 is 1.43 bits per heavy atom. The SMILES string of the molecule is CC1(C)CCN(c2ncc(CNC3CC3)cc2Cl)CCS1. The molecule has 2 heterocycles. The van der Waals surface area contributed by atoms with Crippen LogP contribution in [0, 0.1) is 0 Å². The summed E-state index contributed by atoms with van der Waals surface area (Å²) in [6.07, 6.45) is 5.75. The summed E-state index contributed by atoms with van der Waals surface area (Å²) in [4.78, 5) is 6.97. The van der Waals surface area contributed by atoms with Crippen molar-refractivity contribution >= 4 is 29.2 Å². The molecule has 1 aliphatic carbocycles. The van der Waals surface area contributed by atoms with Crippen molar-refractivity contribution in [1.29, 1.82) is 0 Å². The summed E-state index contributed by atoms with van der Waals surface area (Å²) in [5, 5.41) is 4.29. The zero-order chi connectivity index (χ0) is 14.9. The summed E-state index contributed by atoms with van der Waals surface area (Å²) in [6, 6.07) is 2.79. The highest BCUT2D eigenvalue weighted by Crippen LogP contribution is 2.33. The Kier molecular flexibility index (Phi) is 4.67. The number of thioether (sulfide) groups is 1. The summed E-state index contributed by atoms with van der Waals surface area (Å²) >= 11 is 8.52. The van der Waals surface area contributed by atoms with Gasteiger partial charge in [0.1, 0.15) is 5.82 Å². The van der Waals surface area contributed by atoms with Crippen molar-refractivity contribution in [3.05, 3.63) is 22.8 Å². The number of halogens is 1. The van der Waals surface area contributed by atoms with Crippen LogP contribution >= 0.6 is 23.4 Å². The van der Waals surface area contributed by atoms with Crippen LogP contribution in [-0.2, 0) is 6.54 Å². The minimum atomic E-state index is 0.356. The Morgan fingerprint density at radius 2 is 2.24 bits per heavy atom. The smallest absolute Gasteiger partial charge is 0.147 e. The Morgan fingerprint density at radius 3 is 2.95 bits per heavy atom. The van der Waals surface area contributed by atoms with E-state index in [0.29, 0.717) is 10.8 Å². The number of aromatic nitrogens is 1. The van der Waals surface area contributed by atoms with E-state index in [4.69, 9.17) is 11.6 Å². The molecule has 116 valence electrons. The Balaban J connectivity index is 1.66. The van der Waals surface area contributed by atoms with Crippen LogP contribution in [0.3, 0.4) is 0 Å². The lowest BCUT2D eigenvalue weighted by Gasteiger charge is -2.24. The largest absolute Gasteiger partial charge is 0.355 e. The van der Waals surface area contributed by atoms with Crippen molar-refractivity contribution in [1.82, 2.24) is 10.3 Å². The fourth-order valence-corrected chi connectivity index (χ4v) is 3.99. The average molecular weight is 326 g/mol. The van der Waals surface area contributed by atoms with Gasteiger partial charge in [0.15, 0.2) is 0 Å². The molecule has 0 aromatic carbocycles. The predicted octanol–water partition coefficient (Wildman–Crippen LogP) is 3.71. The molecule has 1 aromatic heterocycles. The highest BCUT2D eigenvalue weighted by molar-refractivity contribution is 8.00. The molecule has 0 amide bonds. The van der Waals surface area contributed by atoms with Crippen LogP contribution in [0.15, 0.2) is 12.3 Å². The van der Waals surface area contributed by atoms with Crippen LogP contribution in [0.1, 0.15) is 38.7 Å². The highest BCUT2D eigenvalue weighted by atomic mass is 35.5. The van der Waals surface area contributed by atoms with E-state index in [-0.39, 0.29) is 0 Å². The molecular weight excluding hydrogens is 302 g/mol. The molecular formula is C16H24ClN3S. The van der Waals surface area contributed by atoms with Crippen molar-refractivity contribution in [2.24, 2.45) is 0 Å². The summed E-state index contributed by atoms with van der Waals surface area (Å²) in [5.41, 5.74) is 1.18. The molecule has 1 N–H and O–H groups in total. The summed E-state index contributed by atoms with van der Waals surface area (Å²) in [7, 11) is 0. The molecule has 5 heteroatoms. The molecule has 2 aliphatic rings. The lowest BCUT2D eigenvalue weighted by Crippen LogP contribution is -2.28. The molecule has 1 aliphatic heterocycles. The lowest BCUT2D eigenvalue weighted by atomic mass is 10.1. The van der Waals surface area contributed by atoms with E-state index in [2.05, 4.69) is 35.1 Å². The first kappa shape index (κ1) is 15.4. The van der Waals surface area contributed by atoms with E-state index in [1.54, 1.807) is 0 Å². The zero-order valence-corrected chi connectivity index (χ0v) is 14.4. The minimum Gasteiger partial charge on any atom is -0.355 e. The van der Waals surface area contributed by atoms with Crippen LogP contribution in [0.4, 0.5) is 5.82 Å². The number of nitrogens with one attached hydrogen (secondary N) is 1. The first-order valence-corrected chi connectivity index (χ1v) is 9.17. The normalized spacial score (nSPS) is 22.1. The third-order valence-corrected chi connectivity index (χ3v) is 5.84. The van der Waals surface area contributed by atoms with E-state index in [1.165, 1.54) is 24.8 Å². The molecule has 1 aromatic rings. The van der Waals surface area contributed by atoms with Crippen molar-refractivity contribution in [2.45, 2.75) is 50.4 Å². The molecule has 0 spiro atoms. The first-order chi connectivity index (χ1) is 10.0. The van der Waals surface area contributed by atoms with Crippen LogP contribution < -0.4 is 10.2 Å². The van der Waals surface area contributed by atoms with Gasteiger partial charge in [-0.15, -0.1) is 0 Å². The summed E-state index contributed by atoms with van der Waals surface area (Å²) in [6.45, 7) is 7.58. The van der Waals surface area contributed by atoms with Crippen molar-refractivity contribution in [3.8, 4) is 0 Å². The van der Waals surface area contributed by atoms with Crippen LogP contribution in [0.2, 0.25) is 5.02 Å². The van der Waals surface area contributed by atoms with Crippen LogP contribution in [-0.4, -0.2) is 34.6 Å². The van der Waals surface area contributed by atoms with Gasteiger partial charge in [-0.1, -0.05) is 25.4 Å². The second kappa shape index (κ2) is 6.35. The third kappa shape index (κ3) is 4.27. The monoisotopic (exact) mass is 325 g/mol. The number of rotatable bonds is 4. The van der Waals surface area contributed by atoms with Gasteiger partial charge >= 0.3 is 0 Å². The van der Waals surface area contributed by atoms with E-state index in [1.807, 2.05) is 18.0 Å². The molecule has 0 atom stereocenters. The molecule has 3 rings (SSSR count). The summed E-state index contributed by atoms with van der Waals surface area (Å²) in [5.74, 6) is 2.08. The fourth-order valence-electron chi connectivity index (χ4n) is 2.58. The Hall–Kier alpha value is -0.450. The van der Waals surface area contributed by atoms with E-state index < -0.39 is 0 Å². The zero-order valence-electron chi connectivity index (χ0n) is 12.9. The maximum atomic E-state index is 6.48. The Labute approximate surface area is 136 Å². The molecule has 21 heavy (non-hydrogen) atoms. The van der Waals surface area contributed by atoms with Gasteiger partial charge in [-0.3, -0.25) is 0 Å². The van der Waals surface area contributed by atoms with Crippen LogP contribution in [0.5, 0.6) is 0 Å². The van der Waals surface area contributed by atoms with Gasteiger partial charge in [0.05, 0.1) is 5.02 Å².